The van der Waals surface area contributed by atoms with Crippen molar-refractivity contribution in [2.24, 2.45) is 5.92 Å². The molecule has 2 atom stereocenters. The molecule has 1 aromatic carbocycles. The first-order chi connectivity index (χ1) is 14.4. The van der Waals surface area contributed by atoms with Gasteiger partial charge in [-0.15, -0.1) is 0 Å². The summed E-state index contributed by atoms with van der Waals surface area (Å²) in [6, 6.07) is 11.5. The topological polar surface area (TPSA) is 122 Å². The minimum Gasteiger partial charge on any atom is -0.733 e. The fourth-order valence-electron chi connectivity index (χ4n) is 4.80. The summed E-state index contributed by atoms with van der Waals surface area (Å²) < 4.78 is 1.53. The lowest BCUT2D eigenvalue weighted by Gasteiger charge is -2.43. The fraction of sp³-hybridized carbons (Fsp3) is 0.286. The molecule has 4 heterocycles. The molecular formula is C21H19N4O5-. The van der Waals surface area contributed by atoms with Gasteiger partial charge in [0.25, 0.3) is 11.5 Å². The molecule has 1 amide bonds. The van der Waals surface area contributed by atoms with Gasteiger partial charge in [0.15, 0.2) is 0 Å². The van der Waals surface area contributed by atoms with Gasteiger partial charge in [0, 0.05) is 48.2 Å². The molecule has 154 valence electrons. The maximum Gasteiger partial charge on any atom is 0.275 e. The SMILES string of the molecule is O=C(c1cc(=O)[nH]c2ccccc12)N1CC2C[C@@H](C1)Cn1c2ccc(N([O-])O)c1=O. The average Bonchev–Trinajstić information content (AvgIpc) is 2.73. The Kier molecular flexibility index (Phi) is 4.23. The molecule has 30 heavy (non-hydrogen) atoms. The normalized spacial score (nSPS) is 20.1. The van der Waals surface area contributed by atoms with Crippen molar-refractivity contribution in [2.75, 3.05) is 18.3 Å². The number of anilines is 1. The number of benzene rings is 1. The molecule has 1 unspecified atom stereocenters. The van der Waals surface area contributed by atoms with E-state index in [-0.39, 0.29) is 29.0 Å². The lowest BCUT2D eigenvalue weighted by Crippen LogP contribution is -2.49. The van der Waals surface area contributed by atoms with Crippen LogP contribution in [-0.4, -0.2) is 38.7 Å². The second-order valence-electron chi connectivity index (χ2n) is 7.93. The molecule has 0 radical (unpaired) electrons. The van der Waals surface area contributed by atoms with Gasteiger partial charge in [0.1, 0.15) is 5.69 Å². The zero-order valence-corrected chi connectivity index (χ0v) is 15.9. The minimum absolute atomic E-state index is 0.0419. The van der Waals surface area contributed by atoms with Gasteiger partial charge in [-0.3, -0.25) is 19.6 Å². The summed E-state index contributed by atoms with van der Waals surface area (Å²) in [6.45, 7) is 1.23. The largest absolute Gasteiger partial charge is 0.733 e. The number of hydrogen-bond donors (Lipinski definition) is 2. The first kappa shape index (κ1) is 18.6. The Bertz CT molecular complexity index is 1280. The molecule has 2 aliphatic heterocycles. The van der Waals surface area contributed by atoms with Gasteiger partial charge in [-0.05, 0) is 30.5 Å². The monoisotopic (exact) mass is 407 g/mol. The van der Waals surface area contributed by atoms with Crippen LogP contribution >= 0.6 is 0 Å². The van der Waals surface area contributed by atoms with E-state index in [4.69, 9.17) is 5.21 Å². The summed E-state index contributed by atoms with van der Waals surface area (Å²) in [6.07, 6.45) is 0.832. The van der Waals surface area contributed by atoms with Crippen LogP contribution in [-0.2, 0) is 6.54 Å². The number of carbonyl (C=O) groups is 1. The summed E-state index contributed by atoms with van der Waals surface area (Å²) in [5, 5.41) is 20.6. The first-order valence-corrected chi connectivity index (χ1v) is 9.73. The Morgan fingerprint density at radius 1 is 1.13 bits per heavy atom. The number of aromatic amines is 1. The predicted octanol–water partition coefficient (Wildman–Crippen LogP) is 1.64. The van der Waals surface area contributed by atoms with Crippen LogP contribution in [0.3, 0.4) is 0 Å². The van der Waals surface area contributed by atoms with Gasteiger partial charge in [-0.25, -0.2) is 0 Å². The second kappa shape index (κ2) is 6.82. The van der Waals surface area contributed by atoms with Crippen molar-refractivity contribution in [3.05, 3.63) is 79.6 Å². The highest BCUT2D eigenvalue weighted by Gasteiger charge is 2.37. The molecule has 0 spiro atoms. The number of hydrogen-bond acceptors (Lipinski definition) is 6. The molecule has 2 N–H and O–H groups in total. The first-order valence-electron chi connectivity index (χ1n) is 9.73. The molecule has 5 rings (SSSR count). The summed E-state index contributed by atoms with van der Waals surface area (Å²) in [5.41, 5.74) is 0.548. The maximum atomic E-state index is 13.3. The number of nitrogens with one attached hydrogen (secondary N) is 1. The van der Waals surface area contributed by atoms with Crippen LogP contribution in [0.2, 0.25) is 0 Å². The Labute approximate surface area is 170 Å². The molecule has 0 saturated carbocycles. The Hall–Kier alpha value is -3.43. The van der Waals surface area contributed by atoms with Crippen molar-refractivity contribution in [1.29, 1.82) is 0 Å². The van der Waals surface area contributed by atoms with Gasteiger partial charge < -0.3 is 24.9 Å². The molecular weight excluding hydrogens is 388 g/mol. The predicted molar refractivity (Wildman–Crippen MR) is 110 cm³/mol. The van der Waals surface area contributed by atoms with Gasteiger partial charge in [-0.2, -0.15) is 0 Å². The van der Waals surface area contributed by atoms with Gasteiger partial charge in [-0.1, -0.05) is 18.2 Å². The van der Waals surface area contributed by atoms with Crippen LogP contribution in [0.1, 0.15) is 28.4 Å². The van der Waals surface area contributed by atoms with Crippen molar-refractivity contribution >= 4 is 22.5 Å². The number of piperidine rings is 1. The van der Waals surface area contributed by atoms with Crippen molar-refractivity contribution in [3.63, 3.8) is 0 Å². The highest BCUT2D eigenvalue weighted by Crippen LogP contribution is 2.36. The smallest absolute Gasteiger partial charge is 0.275 e. The minimum atomic E-state index is -0.528. The summed E-state index contributed by atoms with van der Waals surface area (Å²) in [4.78, 5) is 42.4. The third kappa shape index (κ3) is 2.90. The molecule has 3 aromatic rings. The van der Waals surface area contributed by atoms with Gasteiger partial charge in [0.2, 0.25) is 5.56 Å². The number of H-pyrrole nitrogens is 1. The summed E-state index contributed by atoms with van der Waals surface area (Å²) in [5.74, 6) is -0.226. The van der Waals surface area contributed by atoms with Crippen LogP contribution in [0.4, 0.5) is 5.69 Å². The van der Waals surface area contributed by atoms with E-state index in [1.807, 2.05) is 12.1 Å². The standard InChI is InChI=1S/C21H19N4O5/c26-19-8-15(14-3-1-2-4-16(14)22-19)20(27)23-9-12-7-13(11-23)17-5-6-18(25(29)30)21(28)24(17)10-12/h1-6,8,12-13,29H,7,9-11H2,(H,22,26)/q-1/t12-,13?/m0/s1. The lowest BCUT2D eigenvalue weighted by atomic mass is 9.83. The number of nitrogens with zero attached hydrogens (tertiary/aromatic N) is 3. The summed E-state index contributed by atoms with van der Waals surface area (Å²) in [7, 11) is 0. The van der Waals surface area contributed by atoms with Crippen LogP contribution < -0.4 is 16.3 Å². The number of amides is 1. The highest BCUT2D eigenvalue weighted by molar-refractivity contribution is 6.06. The lowest BCUT2D eigenvalue weighted by molar-refractivity contribution is 0.0596. The average molecular weight is 407 g/mol. The van der Waals surface area contributed by atoms with E-state index in [9.17, 15) is 19.6 Å². The number of rotatable bonds is 2. The second-order valence-corrected chi connectivity index (χ2v) is 7.93. The zero-order chi connectivity index (χ0) is 21.0. The van der Waals surface area contributed by atoms with E-state index in [1.54, 1.807) is 23.1 Å². The summed E-state index contributed by atoms with van der Waals surface area (Å²) >= 11 is 0. The zero-order valence-electron chi connectivity index (χ0n) is 15.9. The number of pyridine rings is 2. The Morgan fingerprint density at radius 3 is 2.73 bits per heavy atom. The number of carbonyl (C=O) groups excluding carboxylic acids is 1. The van der Waals surface area contributed by atoms with Crippen LogP contribution in [0.25, 0.3) is 10.9 Å². The van der Waals surface area contributed by atoms with Crippen molar-refractivity contribution in [2.45, 2.75) is 18.9 Å². The number of likely N-dealkylation sites (tertiary alicyclic amines) is 1. The van der Waals surface area contributed by atoms with Gasteiger partial charge >= 0.3 is 0 Å². The highest BCUT2D eigenvalue weighted by atomic mass is 16.8. The number of aromatic nitrogens is 2. The Morgan fingerprint density at radius 2 is 1.93 bits per heavy atom. The molecule has 1 saturated heterocycles. The van der Waals surface area contributed by atoms with Crippen LogP contribution in [0.15, 0.2) is 52.1 Å². The number of fused-ring (bicyclic) bond motifs is 5. The van der Waals surface area contributed by atoms with E-state index in [0.717, 1.165) is 12.1 Å². The van der Waals surface area contributed by atoms with E-state index in [0.29, 0.717) is 36.1 Å². The molecule has 2 bridgehead atoms. The Balaban J connectivity index is 1.51. The maximum absolute atomic E-state index is 13.3. The van der Waals surface area contributed by atoms with E-state index < -0.39 is 10.8 Å². The van der Waals surface area contributed by atoms with E-state index in [2.05, 4.69) is 4.98 Å². The number of para-hydroxylation sites is 1. The molecule has 9 nitrogen and oxygen atoms in total. The fourth-order valence-corrected chi connectivity index (χ4v) is 4.80. The van der Waals surface area contributed by atoms with E-state index >= 15 is 0 Å². The third-order valence-electron chi connectivity index (χ3n) is 6.06. The third-order valence-corrected chi connectivity index (χ3v) is 6.06. The van der Waals surface area contributed by atoms with Crippen molar-refractivity contribution < 1.29 is 10.0 Å². The quantitative estimate of drug-likeness (QED) is 0.623. The van der Waals surface area contributed by atoms with Crippen LogP contribution in [0, 0.1) is 11.1 Å². The molecule has 2 aliphatic rings. The molecule has 2 aromatic heterocycles. The molecule has 0 aliphatic carbocycles. The van der Waals surface area contributed by atoms with Crippen molar-refractivity contribution in [3.8, 4) is 0 Å². The van der Waals surface area contributed by atoms with Gasteiger partial charge in [0.05, 0.1) is 5.56 Å². The molecule has 1 fully saturated rings. The van der Waals surface area contributed by atoms with E-state index in [1.165, 1.54) is 16.7 Å². The van der Waals surface area contributed by atoms with Crippen molar-refractivity contribution in [1.82, 2.24) is 14.5 Å². The molecule has 9 heteroatoms. The van der Waals surface area contributed by atoms with Crippen LogP contribution in [0.5, 0.6) is 0 Å².